The largest absolute Gasteiger partial charge is 0.465 e. The Bertz CT molecular complexity index is 565. The van der Waals surface area contributed by atoms with Crippen molar-refractivity contribution in [1.82, 2.24) is 4.90 Å². The van der Waals surface area contributed by atoms with Crippen LogP contribution in [0.5, 0.6) is 0 Å². The molecule has 0 heterocycles. The van der Waals surface area contributed by atoms with E-state index in [1.54, 1.807) is 0 Å². The minimum absolute atomic E-state index is 0.175. The molecule has 0 atom stereocenters. The summed E-state index contributed by atoms with van der Waals surface area (Å²) in [6.45, 7) is 3.31. The second-order valence-corrected chi connectivity index (χ2v) is 4.66. The predicted molar refractivity (Wildman–Crippen MR) is 76.9 cm³/mol. The van der Waals surface area contributed by atoms with E-state index in [0.29, 0.717) is 13.2 Å². The van der Waals surface area contributed by atoms with E-state index in [1.807, 2.05) is 31.0 Å². The van der Waals surface area contributed by atoms with Gasteiger partial charge in [-0.2, -0.15) is 0 Å². The van der Waals surface area contributed by atoms with Gasteiger partial charge in [0.15, 0.2) is 0 Å². The first-order chi connectivity index (χ1) is 9.19. The van der Waals surface area contributed by atoms with Gasteiger partial charge in [0.05, 0.1) is 13.2 Å². The van der Waals surface area contributed by atoms with Crippen molar-refractivity contribution in [3.8, 4) is 0 Å². The predicted octanol–water partition coefficient (Wildman–Crippen LogP) is 2.83. The van der Waals surface area contributed by atoms with Crippen molar-refractivity contribution in [2.75, 3.05) is 20.2 Å². The highest BCUT2D eigenvalue weighted by Crippen LogP contribution is 2.16. The number of carbonyl (C=O) groups excluding carboxylic acids is 1. The van der Waals surface area contributed by atoms with Gasteiger partial charge < -0.3 is 4.74 Å². The fourth-order valence-corrected chi connectivity index (χ4v) is 2.13. The van der Waals surface area contributed by atoms with Crippen LogP contribution in [0.15, 0.2) is 42.5 Å². The van der Waals surface area contributed by atoms with Gasteiger partial charge >= 0.3 is 5.97 Å². The molecule has 3 heteroatoms. The molecule has 2 aromatic rings. The molecule has 2 aromatic carbocycles. The minimum Gasteiger partial charge on any atom is -0.465 e. The molecule has 0 fully saturated rings. The molecular formula is C16H19NO2. The van der Waals surface area contributed by atoms with Crippen LogP contribution in [-0.2, 0) is 16.1 Å². The van der Waals surface area contributed by atoms with Gasteiger partial charge in [0.25, 0.3) is 0 Å². The Morgan fingerprint density at radius 2 is 1.89 bits per heavy atom. The molecule has 2 rings (SSSR count). The highest BCUT2D eigenvalue weighted by atomic mass is 16.5. The number of esters is 1. The highest BCUT2D eigenvalue weighted by Gasteiger charge is 2.07. The Morgan fingerprint density at radius 1 is 1.16 bits per heavy atom. The van der Waals surface area contributed by atoms with E-state index >= 15 is 0 Å². The van der Waals surface area contributed by atoms with E-state index in [0.717, 1.165) is 6.54 Å². The summed E-state index contributed by atoms with van der Waals surface area (Å²) in [5.74, 6) is -0.175. The molecule has 0 aliphatic heterocycles. The third kappa shape index (κ3) is 3.80. The molecule has 0 bridgehead atoms. The van der Waals surface area contributed by atoms with Crippen molar-refractivity contribution in [3.05, 3.63) is 48.0 Å². The number of ether oxygens (including phenoxy) is 1. The molecule has 0 aliphatic rings. The van der Waals surface area contributed by atoms with E-state index in [1.165, 1.54) is 16.3 Å². The lowest BCUT2D eigenvalue weighted by molar-refractivity contribution is -0.144. The first-order valence-electron chi connectivity index (χ1n) is 6.51. The van der Waals surface area contributed by atoms with Crippen molar-refractivity contribution >= 4 is 16.7 Å². The zero-order valence-corrected chi connectivity index (χ0v) is 11.4. The lowest BCUT2D eigenvalue weighted by Crippen LogP contribution is -2.26. The Kier molecular flexibility index (Phi) is 4.53. The van der Waals surface area contributed by atoms with Crippen LogP contribution < -0.4 is 0 Å². The number of hydrogen-bond donors (Lipinski definition) is 0. The van der Waals surface area contributed by atoms with E-state index in [4.69, 9.17) is 4.74 Å². The SMILES string of the molecule is CCOC(=O)CN(C)Cc1ccc2ccccc2c1. The molecular weight excluding hydrogens is 238 g/mol. The molecule has 0 spiro atoms. The molecule has 0 aliphatic carbocycles. The number of rotatable bonds is 5. The third-order valence-corrected chi connectivity index (χ3v) is 2.97. The van der Waals surface area contributed by atoms with E-state index in [2.05, 4.69) is 30.3 Å². The Morgan fingerprint density at radius 3 is 2.63 bits per heavy atom. The van der Waals surface area contributed by atoms with Crippen LogP contribution in [0, 0.1) is 0 Å². The summed E-state index contributed by atoms with van der Waals surface area (Å²) >= 11 is 0. The Hall–Kier alpha value is -1.87. The van der Waals surface area contributed by atoms with Crippen LogP contribution in [-0.4, -0.2) is 31.1 Å². The molecule has 19 heavy (non-hydrogen) atoms. The molecule has 100 valence electrons. The third-order valence-electron chi connectivity index (χ3n) is 2.97. The van der Waals surface area contributed by atoms with Gasteiger partial charge in [-0.15, -0.1) is 0 Å². The van der Waals surface area contributed by atoms with E-state index in [9.17, 15) is 4.79 Å². The summed E-state index contributed by atoms with van der Waals surface area (Å²) < 4.78 is 4.94. The molecule has 0 radical (unpaired) electrons. The maximum Gasteiger partial charge on any atom is 0.320 e. The molecule has 0 N–H and O–H groups in total. The summed E-state index contributed by atoms with van der Waals surface area (Å²) in [6.07, 6.45) is 0. The zero-order chi connectivity index (χ0) is 13.7. The maximum absolute atomic E-state index is 11.4. The summed E-state index contributed by atoms with van der Waals surface area (Å²) in [6, 6.07) is 14.7. The van der Waals surface area contributed by atoms with Crippen molar-refractivity contribution in [1.29, 1.82) is 0 Å². The first kappa shape index (κ1) is 13.6. The van der Waals surface area contributed by atoms with Crippen LogP contribution in [0.3, 0.4) is 0 Å². The van der Waals surface area contributed by atoms with Crippen LogP contribution >= 0.6 is 0 Å². The van der Waals surface area contributed by atoms with Crippen LogP contribution in [0.1, 0.15) is 12.5 Å². The Labute approximate surface area is 113 Å². The minimum atomic E-state index is -0.175. The van der Waals surface area contributed by atoms with Crippen molar-refractivity contribution in [2.45, 2.75) is 13.5 Å². The van der Waals surface area contributed by atoms with Crippen molar-refractivity contribution in [3.63, 3.8) is 0 Å². The van der Waals surface area contributed by atoms with Crippen molar-refractivity contribution in [2.24, 2.45) is 0 Å². The number of hydrogen-bond acceptors (Lipinski definition) is 3. The molecule has 0 unspecified atom stereocenters. The molecule has 3 nitrogen and oxygen atoms in total. The molecule has 0 aromatic heterocycles. The summed E-state index contributed by atoms with van der Waals surface area (Å²) in [5, 5.41) is 2.46. The van der Waals surface area contributed by atoms with Gasteiger partial charge in [-0.05, 0) is 36.4 Å². The lowest BCUT2D eigenvalue weighted by atomic mass is 10.1. The van der Waals surface area contributed by atoms with Gasteiger partial charge in [-0.3, -0.25) is 9.69 Å². The number of nitrogens with zero attached hydrogens (tertiary/aromatic N) is 1. The highest BCUT2D eigenvalue weighted by molar-refractivity contribution is 5.83. The normalized spacial score (nSPS) is 10.9. The number of likely N-dealkylation sites (N-methyl/N-ethyl adjacent to an activating group) is 1. The summed E-state index contributed by atoms with van der Waals surface area (Å²) in [5.41, 5.74) is 1.20. The van der Waals surface area contributed by atoms with Crippen LogP contribution in [0.25, 0.3) is 10.8 Å². The van der Waals surface area contributed by atoms with Gasteiger partial charge in [0, 0.05) is 6.54 Å². The standard InChI is InChI=1S/C16H19NO2/c1-3-19-16(18)12-17(2)11-13-8-9-14-6-4-5-7-15(14)10-13/h4-10H,3,11-12H2,1-2H3. The van der Waals surface area contributed by atoms with E-state index in [-0.39, 0.29) is 5.97 Å². The lowest BCUT2D eigenvalue weighted by Gasteiger charge is -2.15. The topological polar surface area (TPSA) is 29.5 Å². The van der Waals surface area contributed by atoms with E-state index < -0.39 is 0 Å². The number of benzene rings is 2. The monoisotopic (exact) mass is 257 g/mol. The average Bonchev–Trinajstić information content (AvgIpc) is 2.38. The second-order valence-electron chi connectivity index (χ2n) is 4.66. The fraction of sp³-hybridized carbons (Fsp3) is 0.312. The number of fused-ring (bicyclic) bond motifs is 1. The van der Waals surface area contributed by atoms with Crippen LogP contribution in [0.4, 0.5) is 0 Å². The molecule has 0 saturated carbocycles. The summed E-state index contributed by atoms with van der Waals surface area (Å²) in [4.78, 5) is 13.4. The molecule has 0 amide bonds. The quantitative estimate of drug-likeness (QED) is 0.771. The van der Waals surface area contributed by atoms with Gasteiger partial charge in [0.2, 0.25) is 0 Å². The summed E-state index contributed by atoms with van der Waals surface area (Å²) in [7, 11) is 1.92. The maximum atomic E-state index is 11.4. The van der Waals surface area contributed by atoms with Gasteiger partial charge in [-0.1, -0.05) is 36.4 Å². The van der Waals surface area contributed by atoms with Gasteiger partial charge in [-0.25, -0.2) is 0 Å². The Balaban J connectivity index is 2.02. The van der Waals surface area contributed by atoms with Crippen LogP contribution in [0.2, 0.25) is 0 Å². The van der Waals surface area contributed by atoms with Gasteiger partial charge in [0.1, 0.15) is 0 Å². The zero-order valence-electron chi connectivity index (χ0n) is 11.4. The smallest absolute Gasteiger partial charge is 0.320 e. The first-order valence-corrected chi connectivity index (χ1v) is 6.51. The second kappa shape index (κ2) is 6.34. The fourth-order valence-electron chi connectivity index (χ4n) is 2.13. The van der Waals surface area contributed by atoms with Crippen molar-refractivity contribution < 1.29 is 9.53 Å². The average molecular weight is 257 g/mol. The number of carbonyl (C=O) groups is 1. The molecule has 0 saturated heterocycles.